The Kier molecular flexibility index (Phi) is 7.86. The normalized spacial score (nSPS) is 15.4. The number of hydrogen-bond donors (Lipinski definition) is 1. The summed E-state index contributed by atoms with van der Waals surface area (Å²) in [6.07, 6.45) is 3.59. The van der Waals surface area contributed by atoms with Gasteiger partial charge in [0.2, 0.25) is 0 Å². The molecule has 0 unspecified atom stereocenters. The van der Waals surface area contributed by atoms with Gasteiger partial charge in [-0.25, -0.2) is 4.79 Å². The number of fused-ring (bicyclic) bond motifs is 1. The lowest BCUT2D eigenvalue weighted by atomic mass is 9.93. The molecule has 0 bridgehead atoms. The van der Waals surface area contributed by atoms with E-state index in [9.17, 15) is 9.59 Å². The van der Waals surface area contributed by atoms with Crippen molar-refractivity contribution in [1.29, 1.82) is 0 Å². The van der Waals surface area contributed by atoms with Crippen LogP contribution < -0.4 is 10.2 Å². The maximum atomic E-state index is 14.0. The van der Waals surface area contributed by atoms with Crippen LogP contribution >= 0.6 is 34.8 Å². The molecular weight excluding hydrogens is 581 g/mol. The number of rotatable bonds is 5. The number of benzene rings is 3. The van der Waals surface area contributed by atoms with Crippen molar-refractivity contribution >= 4 is 58.1 Å². The van der Waals surface area contributed by atoms with Crippen molar-refractivity contribution in [2.45, 2.75) is 13.1 Å². The third-order valence-corrected chi connectivity index (χ3v) is 8.41. The number of urea groups is 1. The van der Waals surface area contributed by atoms with Crippen molar-refractivity contribution in [3.05, 3.63) is 111 Å². The second-order valence-corrected chi connectivity index (χ2v) is 11.2. The second kappa shape index (κ2) is 11.7. The Hall–Kier alpha value is -3.62. The van der Waals surface area contributed by atoms with Crippen molar-refractivity contribution in [3.8, 4) is 11.1 Å². The van der Waals surface area contributed by atoms with Crippen LogP contribution in [-0.2, 0) is 13.1 Å². The summed E-state index contributed by atoms with van der Waals surface area (Å²) in [5, 5.41) is 4.12. The molecule has 0 aliphatic carbocycles. The van der Waals surface area contributed by atoms with Gasteiger partial charge in [-0.2, -0.15) is 0 Å². The number of para-hydroxylation sites is 1. The molecule has 7 nitrogen and oxygen atoms in total. The highest BCUT2D eigenvalue weighted by atomic mass is 35.5. The zero-order valence-electron chi connectivity index (χ0n) is 22.0. The molecule has 10 heteroatoms. The standard InChI is InChI=1S/C31H26Cl3N5O2/c32-25-5-2-1-4-22(25)23-16-21(30(40)38-14-12-37(13-15-38)19-20-8-10-35-11-9-20)17-28-24(23)18-36-31(41)39(28)29-26(33)6-3-7-27(29)34/h1-11,16-17H,12-15,18-19H2,(H,36,41). The van der Waals surface area contributed by atoms with E-state index in [4.69, 9.17) is 34.8 Å². The van der Waals surface area contributed by atoms with E-state index in [0.29, 0.717) is 45.1 Å². The fraction of sp³-hybridized carbons (Fsp3) is 0.194. The molecule has 4 aromatic rings. The number of anilines is 2. The Morgan fingerprint density at radius 3 is 2.22 bits per heavy atom. The number of amides is 3. The molecule has 6 rings (SSSR count). The molecule has 208 valence electrons. The average Bonchev–Trinajstić information content (AvgIpc) is 2.98. The number of hydrogen-bond acceptors (Lipinski definition) is 4. The molecule has 1 fully saturated rings. The van der Waals surface area contributed by atoms with Gasteiger partial charge >= 0.3 is 6.03 Å². The number of pyridine rings is 1. The Balaban J connectivity index is 1.38. The number of nitrogens with zero attached hydrogens (tertiary/aromatic N) is 4. The first-order chi connectivity index (χ1) is 19.9. The van der Waals surface area contributed by atoms with Crippen LogP contribution in [0.5, 0.6) is 0 Å². The van der Waals surface area contributed by atoms with Crippen LogP contribution in [0.3, 0.4) is 0 Å². The van der Waals surface area contributed by atoms with E-state index in [1.807, 2.05) is 47.4 Å². The Morgan fingerprint density at radius 1 is 0.829 bits per heavy atom. The van der Waals surface area contributed by atoms with E-state index >= 15 is 0 Å². The topological polar surface area (TPSA) is 68.8 Å². The lowest BCUT2D eigenvalue weighted by Crippen LogP contribution is -2.48. The van der Waals surface area contributed by atoms with E-state index in [1.165, 1.54) is 10.5 Å². The van der Waals surface area contributed by atoms with Gasteiger partial charge in [0.05, 0.1) is 21.4 Å². The second-order valence-electron chi connectivity index (χ2n) is 9.99. The minimum atomic E-state index is -0.382. The predicted molar refractivity (Wildman–Crippen MR) is 163 cm³/mol. The minimum Gasteiger partial charge on any atom is -0.336 e. The summed E-state index contributed by atoms with van der Waals surface area (Å²) in [7, 11) is 0. The summed E-state index contributed by atoms with van der Waals surface area (Å²) < 4.78 is 0. The number of aromatic nitrogens is 1. The van der Waals surface area contributed by atoms with Crippen molar-refractivity contribution in [2.75, 3.05) is 31.1 Å². The van der Waals surface area contributed by atoms with Crippen molar-refractivity contribution in [3.63, 3.8) is 0 Å². The van der Waals surface area contributed by atoms with Gasteiger partial charge in [-0.3, -0.25) is 19.6 Å². The Bertz CT molecular complexity index is 1600. The molecule has 2 aliphatic heterocycles. The lowest BCUT2D eigenvalue weighted by Gasteiger charge is -2.36. The summed E-state index contributed by atoms with van der Waals surface area (Å²) >= 11 is 19.8. The molecule has 3 heterocycles. The molecule has 3 amide bonds. The van der Waals surface area contributed by atoms with Crippen LogP contribution in [-0.4, -0.2) is 52.9 Å². The highest BCUT2D eigenvalue weighted by Crippen LogP contribution is 2.44. The number of carbonyl (C=O) groups is 2. The van der Waals surface area contributed by atoms with Crippen LogP contribution in [0.4, 0.5) is 16.2 Å². The summed E-state index contributed by atoms with van der Waals surface area (Å²) in [6, 6.07) is 19.8. The van der Waals surface area contributed by atoms with Gasteiger partial charge in [-0.15, -0.1) is 0 Å². The fourth-order valence-corrected chi connectivity index (χ4v) is 6.20. The maximum absolute atomic E-state index is 14.0. The van der Waals surface area contributed by atoms with E-state index in [1.54, 1.807) is 36.7 Å². The maximum Gasteiger partial charge on any atom is 0.326 e. The average molecular weight is 607 g/mol. The third-order valence-electron chi connectivity index (χ3n) is 7.47. The molecule has 41 heavy (non-hydrogen) atoms. The molecule has 0 spiro atoms. The van der Waals surface area contributed by atoms with Crippen molar-refractivity contribution in [1.82, 2.24) is 20.1 Å². The Labute approximate surface area is 253 Å². The van der Waals surface area contributed by atoms with Crippen molar-refractivity contribution < 1.29 is 9.59 Å². The van der Waals surface area contributed by atoms with Gasteiger partial charge in [-0.1, -0.05) is 59.1 Å². The quantitative estimate of drug-likeness (QED) is 0.265. The molecule has 2 aliphatic rings. The summed E-state index contributed by atoms with van der Waals surface area (Å²) in [5.74, 6) is -0.110. The zero-order chi connectivity index (χ0) is 28.5. The Morgan fingerprint density at radius 2 is 1.51 bits per heavy atom. The summed E-state index contributed by atoms with van der Waals surface area (Å²) in [5.41, 5.74) is 4.89. The molecule has 0 atom stereocenters. The first-order valence-corrected chi connectivity index (χ1v) is 14.4. The highest BCUT2D eigenvalue weighted by Gasteiger charge is 2.33. The van der Waals surface area contributed by atoms with Gasteiger partial charge in [-0.05, 0) is 53.6 Å². The van der Waals surface area contributed by atoms with E-state index in [2.05, 4.69) is 15.2 Å². The van der Waals surface area contributed by atoms with E-state index in [-0.39, 0.29) is 18.5 Å². The third kappa shape index (κ3) is 5.51. The van der Waals surface area contributed by atoms with Gasteiger partial charge in [0.15, 0.2) is 0 Å². The van der Waals surface area contributed by atoms with Crippen LogP contribution in [0.25, 0.3) is 11.1 Å². The number of halogens is 3. The molecule has 1 aromatic heterocycles. The van der Waals surface area contributed by atoms with Crippen LogP contribution in [0.2, 0.25) is 15.1 Å². The summed E-state index contributed by atoms with van der Waals surface area (Å²) in [6.45, 7) is 3.74. The zero-order valence-corrected chi connectivity index (χ0v) is 24.3. The molecule has 0 radical (unpaired) electrons. The smallest absolute Gasteiger partial charge is 0.326 e. The predicted octanol–water partition coefficient (Wildman–Crippen LogP) is 7.03. The number of carbonyl (C=O) groups excluding carboxylic acids is 2. The molecule has 0 saturated carbocycles. The first kappa shape index (κ1) is 27.5. The van der Waals surface area contributed by atoms with Crippen molar-refractivity contribution in [2.24, 2.45) is 0 Å². The van der Waals surface area contributed by atoms with Gasteiger partial charge in [0, 0.05) is 73.4 Å². The van der Waals surface area contributed by atoms with Crippen LogP contribution in [0, 0.1) is 0 Å². The van der Waals surface area contributed by atoms with Crippen LogP contribution in [0.1, 0.15) is 21.5 Å². The van der Waals surface area contributed by atoms with E-state index in [0.717, 1.165) is 36.3 Å². The van der Waals surface area contributed by atoms with Crippen LogP contribution in [0.15, 0.2) is 79.1 Å². The minimum absolute atomic E-state index is 0.110. The van der Waals surface area contributed by atoms with Gasteiger partial charge in [0.25, 0.3) is 5.91 Å². The fourth-order valence-electron chi connectivity index (χ4n) is 5.40. The lowest BCUT2D eigenvalue weighted by molar-refractivity contribution is 0.0628. The molecule has 1 N–H and O–H groups in total. The number of piperazine rings is 1. The SMILES string of the molecule is O=C(c1cc(-c2ccccc2Cl)c2c(c1)N(c1c(Cl)cccc1Cl)C(=O)NC2)N1CCN(Cc2ccncc2)CC1. The largest absolute Gasteiger partial charge is 0.336 e. The van der Waals surface area contributed by atoms with E-state index < -0.39 is 0 Å². The summed E-state index contributed by atoms with van der Waals surface area (Å²) in [4.78, 5) is 37.0. The monoisotopic (exact) mass is 605 g/mol. The number of nitrogens with one attached hydrogen (secondary N) is 1. The first-order valence-electron chi connectivity index (χ1n) is 13.2. The van der Waals surface area contributed by atoms with Gasteiger partial charge in [0.1, 0.15) is 0 Å². The van der Waals surface area contributed by atoms with Gasteiger partial charge < -0.3 is 10.2 Å². The molecule has 1 saturated heterocycles. The molecular formula is C31H26Cl3N5O2. The highest BCUT2D eigenvalue weighted by molar-refractivity contribution is 6.40. The molecule has 3 aromatic carbocycles.